The van der Waals surface area contributed by atoms with Crippen LogP contribution in [0.1, 0.15) is 21.5 Å². The highest BCUT2D eigenvalue weighted by molar-refractivity contribution is 7.92. The Morgan fingerprint density at radius 1 is 1.14 bits per heavy atom. The number of aromatic carboxylic acids is 1. The number of amides is 1. The lowest BCUT2D eigenvalue weighted by molar-refractivity contribution is -0.385. The van der Waals surface area contributed by atoms with Crippen molar-refractivity contribution in [1.29, 1.82) is 0 Å². The SMILES string of the molecule is COc1ccc(N(CC(=O)NN=Cc2ccccc2C(=O)O)S(=O)(=O)c2ccc(C)c([N+](=O)[O-])c2)cc1. The summed E-state index contributed by atoms with van der Waals surface area (Å²) in [7, 11) is -3.01. The summed E-state index contributed by atoms with van der Waals surface area (Å²) in [6, 6.07) is 15.2. The van der Waals surface area contributed by atoms with Crippen molar-refractivity contribution in [2.45, 2.75) is 11.8 Å². The van der Waals surface area contributed by atoms with Crippen molar-refractivity contribution in [2.24, 2.45) is 5.10 Å². The first-order valence-electron chi connectivity index (χ1n) is 10.6. The smallest absolute Gasteiger partial charge is 0.336 e. The molecule has 0 atom stereocenters. The zero-order chi connectivity index (χ0) is 27.2. The second kappa shape index (κ2) is 11.3. The molecule has 0 bridgehead atoms. The van der Waals surface area contributed by atoms with Crippen LogP contribution in [0.25, 0.3) is 0 Å². The van der Waals surface area contributed by atoms with Gasteiger partial charge in [0.2, 0.25) is 0 Å². The first-order valence-corrected chi connectivity index (χ1v) is 12.0. The number of benzene rings is 3. The molecule has 0 aliphatic rings. The van der Waals surface area contributed by atoms with Crippen molar-refractivity contribution in [3.63, 3.8) is 0 Å². The molecular formula is C24H22N4O8S. The molecule has 0 saturated carbocycles. The van der Waals surface area contributed by atoms with E-state index in [1.807, 2.05) is 0 Å². The molecule has 0 spiro atoms. The number of hydrogen-bond acceptors (Lipinski definition) is 8. The maximum absolute atomic E-state index is 13.5. The minimum Gasteiger partial charge on any atom is -0.497 e. The number of nitro benzene ring substituents is 1. The minimum atomic E-state index is -4.44. The van der Waals surface area contributed by atoms with Crippen LogP contribution in [0.3, 0.4) is 0 Å². The van der Waals surface area contributed by atoms with E-state index in [2.05, 4.69) is 10.5 Å². The maximum atomic E-state index is 13.5. The number of nitrogens with zero attached hydrogens (tertiary/aromatic N) is 3. The van der Waals surface area contributed by atoms with Crippen LogP contribution in [0.15, 0.2) is 76.7 Å². The van der Waals surface area contributed by atoms with E-state index in [1.54, 1.807) is 6.07 Å². The summed E-state index contributed by atoms with van der Waals surface area (Å²) in [5.74, 6) is -1.58. The second-order valence-electron chi connectivity index (χ2n) is 7.60. The Balaban J connectivity index is 1.93. The molecule has 2 N–H and O–H groups in total. The maximum Gasteiger partial charge on any atom is 0.336 e. The van der Waals surface area contributed by atoms with Gasteiger partial charge in [0.25, 0.3) is 21.6 Å². The third kappa shape index (κ3) is 6.27. The third-order valence-electron chi connectivity index (χ3n) is 5.20. The number of sulfonamides is 1. The highest BCUT2D eigenvalue weighted by Crippen LogP contribution is 2.29. The van der Waals surface area contributed by atoms with Crippen LogP contribution >= 0.6 is 0 Å². The van der Waals surface area contributed by atoms with E-state index in [-0.39, 0.29) is 33.0 Å². The number of hydrogen-bond donors (Lipinski definition) is 2. The molecule has 0 aliphatic carbocycles. The van der Waals surface area contributed by atoms with E-state index < -0.39 is 33.4 Å². The monoisotopic (exact) mass is 526 g/mol. The summed E-state index contributed by atoms with van der Waals surface area (Å²) < 4.78 is 32.9. The Morgan fingerprint density at radius 2 is 1.81 bits per heavy atom. The molecule has 3 aromatic carbocycles. The van der Waals surface area contributed by atoms with Crippen molar-refractivity contribution < 1.29 is 32.8 Å². The zero-order valence-electron chi connectivity index (χ0n) is 19.7. The lowest BCUT2D eigenvalue weighted by Gasteiger charge is -2.24. The molecule has 1 amide bonds. The number of carbonyl (C=O) groups is 2. The van der Waals surface area contributed by atoms with Gasteiger partial charge < -0.3 is 9.84 Å². The lowest BCUT2D eigenvalue weighted by atomic mass is 10.1. The number of hydrazone groups is 1. The molecule has 0 saturated heterocycles. The molecule has 37 heavy (non-hydrogen) atoms. The predicted octanol–water partition coefficient (Wildman–Crippen LogP) is 2.96. The third-order valence-corrected chi connectivity index (χ3v) is 6.97. The molecule has 0 aromatic heterocycles. The molecule has 0 unspecified atom stereocenters. The van der Waals surface area contributed by atoms with Gasteiger partial charge in [-0.15, -0.1) is 0 Å². The predicted molar refractivity (Wildman–Crippen MR) is 134 cm³/mol. The standard InChI is InChI=1S/C24H22N4O8S/c1-16-7-12-20(13-22(16)28(32)33)37(34,35)27(18-8-10-19(36-2)11-9-18)15-23(29)26-25-14-17-5-3-4-6-21(17)24(30)31/h3-14H,15H2,1-2H3,(H,26,29)(H,30,31). The molecule has 0 aliphatic heterocycles. The van der Waals surface area contributed by atoms with E-state index >= 15 is 0 Å². The number of nitrogens with one attached hydrogen (secondary N) is 1. The molecule has 3 aromatic rings. The number of nitro groups is 1. The van der Waals surface area contributed by atoms with Crippen molar-refractivity contribution in [3.05, 3.63) is 93.5 Å². The van der Waals surface area contributed by atoms with E-state index in [4.69, 9.17) is 4.74 Å². The Bertz CT molecular complexity index is 1470. The van der Waals surface area contributed by atoms with Gasteiger partial charge in [0.05, 0.1) is 34.4 Å². The van der Waals surface area contributed by atoms with Gasteiger partial charge in [-0.2, -0.15) is 5.10 Å². The second-order valence-corrected chi connectivity index (χ2v) is 9.46. The number of aryl methyl sites for hydroxylation is 1. The number of anilines is 1. The molecule has 0 fully saturated rings. The fraction of sp³-hybridized carbons (Fsp3) is 0.125. The fourth-order valence-corrected chi connectivity index (χ4v) is 4.72. The number of methoxy groups -OCH3 is 1. The highest BCUT2D eigenvalue weighted by atomic mass is 32.2. The van der Waals surface area contributed by atoms with Gasteiger partial charge in [-0.05, 0) is 43.3 Å². The van der Waals surface area contributed by atoms with E-state index in [0.29, 0.717) is 5.75 Å². The summed E-state index contributed by atoms with van der Waals surface area (Å²) in [5.41, 5.74) is 2.35. The molecule has 0 radical (unpaired) electrons. The summed E-state index contributed by atoms with van der Waals surface area (Å²) in [6.07, 6.45) is 1.12. The highest BCUT2D eigenvalue weighted by Gasteiger charge is 2.29. The van der Waals surface area contributed by atoms with E-state index in [9.17, 15) is 33.2 Å². The molecule has 12 nitrogen and oxygen atoms in total. The van der Waals surface area contributed by atoms with Gasteiger partial charge in [-0.3, -0.25) is 19.2 Å². The van der Waals surface area contributed by atoms with Gasteiger partial charge in [-0.25, -0.2) is 18.6 Å². The van der Waals surface area contributed by atoms with Gasteiger partial charge in [0, 0.05) is 17.2 Å². The van der Waals surface area contributed by atoms with E-state index in [1.165, 1.54) is 68.6 Å². The van der Waals surface area contributed by atoms with Gasteiger partial charge in [-0.1, -0.05) is 24.3 Å². The molecule has 0 heterocycles. The Kier molecular flexibility index (Phi) is 8.19. The quantitative estimate of drug-likeness (QED) is 0.231. The van der Waals surface area contributed by atoms with Crippen molar-refractivity contribution in [2.75, 3.05) is 18.0 Å². The van der Waals surface area contributed by atoms with Crippen LogP contribution in [0.4, 0.5) is 11.4 Å². The van der Waals surface area contributed by atoms with Crippen LogP contribution in [0.5, 0.6) is 5.75 Å². The van der Waals surface area contributed by atoms with Gasteiger partial charge >= 0.3 is 5.97 Å². The Morgan fingerprint density at radius 3 is 2.43 bits per heavy atom. The van der Waals surface area contributed by atoms with Crippen molar-refractivity contribution >= 4 is 39.5 Å². The average Bonchev–Trinajstić information content (AvgIpc) is 2.87. The summed E-state index contributed by atoms with van der Waals surface area (Å²) >= 11 is 0. The summed E-state index contributed by atoms with van der Waals surface area (Å²) in [5, 5.41) is 24.4. The van der Waals surface area contributed by atoms with Crippen molar-refractivity contribution in [3.8, 4) is 5.75 Å². The van der Waals surface area contributed by atoms with E-state index in [0.717, 1.165) is 16.6 Å². The first-order chi connectivity index (χ1) is 17.5. The minimum absolute atomic E-state index is 0.0381. The number of ether oxygens (including phenoxy) is 1. The molecule has 13 heteroatoms. The summed E-state index contributed by atoms with van der Waals surface area (Å²) in [6.45, 7) is 0.748. The topological polar surface area (TPSA) is 169 Å². The number of carboxylic acids is 1. The van der Waals surface area contributed by atoms with Gasteiger partial charge in [0.1, 0.15) is 12.3 Å². The Hall–Kier alpha value is -4.78. The zero-order valence-corrected chi connectivity index (χ0v) is 20.5. The number of rotatable bonds is 10. The number of carboxylic acid groups (broad SMARTS) is 1. The lowest BCUT2D eigenvalue weighted by Crippen LogP contribution is -2.39. The van der Waals surface area contributed by atoms with Crippen LogP contribution in [0.2, 0.25) is 0 Å². The molecule has 3 rings (SSSR count). The van der Waals surface area contributed by atoms with Crippen LogP contribution < -0.4 is 14.5 Å². The van der Waals surface area contributed by atoms with Crippen LogP contribution in [0, 0.1) is 17.0 Å². The molecular weight excluding hydrogens is 504 g/mol. The number of carbonyl (C=O) groups excluding carboxylic acids is 1. The van der Waals surface area contributed by atoms with Crippen LogP contribution in [-0.2, 0) is 14.8 Å². The normalized spacial score (nSPS) is 11.2. The Labute approximate surface area is 212 Å². The fourth-order valence-electron chi connectivity index (χ4n) is 3.28. The van der Waals surface area contributed by atoms with Crippen molar-refractivity contribution in [1.82, 2.24) is 5.43 Å². The first kappa shape index (κ1) is 26.8. The molecule has 192 valence electrons. The van der Waals surface area contributed by atoms with Crippen LogP contribution in [-0.4, -0.2) is 50.2 Å². The largest absolute Gasteiger partial charge is 0.497 e. The summed E-state index contributed by atoms with van der Waals surface area (Å²) in [4.78, 5) is 34.3. The average molecular weight is 527 g/mol. The van der Waals surface area contributed by atoms with Gasteiger partial charge in [0.15, 0.2) is 0 Å².